The first kappa shape index (κ1) is 12.0. The van der Waals surface area contributed by atoms with Crippen molar-refractivity contribution < 1.29 is 9.84 Å². The number of benzene rings is 2. The van der Waals surface area contributed by atoms with E-state index in [1.165, 1.54) is 0 Å². The summed E-state index contributed by atoms with van der Waals surface area (Å²) in [6.45, 7) is 1.69. The summed E-state index contributed by atoms with van der Waals surface area (Å²) in [6.07, 6.45) is -0.511. The molecule has 0 bridgehead atoms. The smallest absolute Gasteiger partial charge is 0.181 e. The fourth-order valence-electron chi connectivity index (χ4n) is 1.70. The van der Waals surface area contributed by atoms with Gasteiger partial charge in [0.25, 0.3) is 0 Å². The van der Waals surface area contributed by atoms with E-state index in [1.54, 1.807) is 25.1 Å². The van der Waals surface area contributed by atoms with Gasteiger partial charge in [0, 0.05) is 5.56 Å². The third-order valence-electron chi connectivity index (χ3n) is 2.53. The van der Waals surface area contributed by atoms with E-state index in [0.29, 0.717) is 5.75 Å². The summed E-state index contributed by atoms with van der Waals surface area (Å²) in [5, 5.41) is 18.3. The van der Waals surface area contributed by atoms with E-state index in [9.17, 15) is 5.11 Å². The molecule has 18 heavy (non-hydrogen) atoms. The summed E-state index contributed by atoms with van der Waals surface area (Å²) in [7, 11) is 0. The Balaban J connectivity index is 2.42. The number of para-hydroxylation sites is 1. The Bertz CT molecular complexity index is 587. The average Bonchev–Trinajstić information content (AvgIpc) is 2.39. The molecule has 0 fully saturated rings. The number of phenolic OH excluding ortho intramolecular Hbond substituents is 1. The van der Waals surface area contributed by atoms with Gasteiger partial charge in [0.05, 0.1) is 0 Å². The number of aromatic hydroxyl groups is 1. The molecule has 0 saturated carbocycles. The number of phenols is 1. The second-order valence-electron chi connectivity index (χ2n) is 3.94. The molecule has 0 saturated heterocycles. The predicted octanol–water partition coefficient (Wildman–Crippen LogP) is 3.35. The van der Waals surface area contributed by atoms with Crippen molar-refractivity contribution in [2.45, 2.75) is 13.0 Å². The summed E-state index contributed by atoms with van der Waals surface area (Å²) < 4.78 is 5.55. The van der Waals surface area contributed by atoms with Crippen molar-refractivity contribution in [3.05, 3.63) is 48.5 Å². The van der Waals surface area contributed by atoms with Gasteiger partial charge in [-0.1, -0.05) is 30.3 Å². The maximum Gasteiger partial charge on any atom is 0.181 e. The van der Waals surface area contributed by atoms with Crippen LogP contribution < -0.4 is 4.74 Å². The lowest BCUT2D eigenvalue weighted by molar-refractivity contribution is 0.277. The highest BCUT2D eigenvalue weighted by Gasteiger charge is 2.09. The van der Waals surface area contributed by atoms with Crippen LogP contribution in [0.4, 0.5) is 0 Å². The summed E-state index contributed by atoms with van der Waals surface area (Å²) in [6, 6.07) is 16.4. The summed E-state index contributed by atoms with van der Waals surface area (Å²) in [4.78, 5) is 0. The molecule has 0 amide bonds. The summed E-state index contributed by atoms with van der Waals surface area (Å²) in [5.74, 6) is 0.841. The monoisotopic (exact) mass is 239 g/mol. The van der Waals surface area contributed by atoms with Gasteiger partial charge in [-0.25, -0.2) is 0 Å². The van der Waals surface area contributed by atoms with E-state index in [-0.39, 0.29) is 5.75 Å². The number of ether oxygens (including phenoxy) is 1. The van der Waals surface area contributed by atoms with E-state index < -0.39 is 6.10 Å². The van der Waals surface area contributed by atoms with Crippen LogP contribution in [0.5, 0.6) is 11.5 Å². The molecule has 2 aromatic rings. The molecule has 1 atom stereocenters. The maximum atomic E-state index is 9.50. The number of rotatable bonds is 3. The lowest BCUT2D eigenvalue weighted by atomic mass is 10.0. The van der Waals surface area contributed by atoms with Crippen molar-refractivity contribution in [3.63, 3.8) is 0 Å². The standard InChI is InChI=1S/C15H13NO2/c1-11(10-16)18-15-8-3-2-7-14(15)12-5-4-6-13(17)9-12/h2-9,11,17H,1H3/t11-/m1/s1. The number of nitrogens with zero attached hydrogens (tertiary/aromatic N) is 1. The van der Waals surface area contributed by atoms with Gasteiger partial charge in [-0.3, -0.25) is 0 Å². The quantitative estimate of drug-likeness (QED) is 0.893. The lowest BCUT2D eigenvalue weighted by Gasteiger charge is -2.12. The zero-order valence-electron chi connectivity index (χ0n) is 10.00. The summed E-state index contributed by atoms with van der Waals surface area (Å²) >= 11 is 0. The molecule has 2 rings (SSSR count). The van der Waals surface area contributed by atoms with Crippen molar-refractivity contribution in [2.24, 2.45) is 0 Å². The Kier molecular flexibility index (Phi) is 3.49. The molecule has 3 nitrogen and oxygen atoms in total. The molecule has 0 spiro atoms. The Morgan fingerprint density at radius 2 is 1.94 bits per heavy atom. The summed E-state index contributed by atoms with van der Waals surface area (Å²) in [5.41, 5.74) is 1.71. The molecule has 0 aliphatic carbocycles. The van der Waals surface area contributed by atoms with E-state index in [2.05, 4.69) is 0 Å². The van der Waals surface area contributed by atoms with Crippen molar-refractivity contribution in [1.29, 1.82) is 5.26 Å². The van der Waals surface area contributed by atoms with Crippen molar-refractivity contribution >= 4 is 0 Å². The Hall–Kier alpha value is -2.47. The van der Waals surface area contributed by atoms with Crippen LogP contribution in [0, 0.1) is 11.3 Å². The molecular weight excluding hydrogens is 226 g/mol. The zero-order valence-corrected chi connectivity index (χ0v) is 10.00. The molecule has 0 aromatic heterocycles. The number of hydrogen-bond acceptors (Lipinski definition) is 3. The first-order valence-corrected chi connectivity index (χ1v) is 5.65. The predicted molar refractivity (Wildman–Crippen MR) is 69.2 cm³/mol. The third-order valence-corrected chi connectivity index (χ3v) is 2.53. The van der Waals surface area contributed by atoms with Gasteiger partial charge in [0.2, 0.25) is 0 Å². The Labute approximate surface area is 106 Å². The largest absolute Gasteiger partial charge is 0.508 e. The Morgan fingerprint density at radius 1 is 1.17 bits per heavy atom. The zero-order chi connectivity index (χ0) is 13.0. The number of nitriles is 1. The van der Waals surface area contributed by atoms with E-state index >= 15 is 0 Å². The highest BCUT2D eigenvalue weighted by molar-refractivity contribution is 5.71. The van der Waals surface area contributed by atoms with Crippen LogP contribution in [0.1, 0.15) is 6.92 Å². The SMILES string of the molecule is C[C@H](C#N)Oc1ccccc1-c1cccc(O)c1. The molecule has 0 radical (unpaired) electrons. The molecule has 3 heteroatoms. The van der Waals surface area contributed by atoms with Crippen molar-refractivity contribution in [1.82, 2.24) is 0 Å². The lowest BCUT2D eigenvalue weighted by Crippen LogP contribution is -2.08. The van der Waals surface area contributed by atoms with Gasteiger partial charge in [0.1, 0.15) is 17.6 Å². The second kappa shape index (κ2) is 5.24. The van der Waals surface area contributed by atoms with Crippen molar-refractivity contribution in [2.75, 3.05) is 0 Å². The van der Waals surface area contributed by atoms with Gasteiger partial charge in [0.15, 0.2) is 6.10 Å². The minimum Gasteiger partial charge on any atom is -0.508 e. The second-order valence-corrected chi connectivity index (χ2v) is 3.94. The van der Waals surface area contributed by atoms with Gasteiger partial charge in [-0.15, -0.1) is 0 Å². The van der Waals surface area contributed by atoms with Crippen LogP contribution in [-0.2, 0) is 0 Å². The molecule has 0 aliphatic rings. The number of hydrogen-bond donors (Lipinski definition) is 1. The average molecular weight is 239 g/mol. The normalized spacial score (nSPS) is 11.6. The van der Waals surface area contributed by atoms with Gasteiger partial charge in [-0.2, -0.15) is 5.26 Å². The van der Waals surface area contributed by atoms with E-state index in [0.717, 1.165) is 11.1 Å². The molecule has 0 aliphatic heterocycles. The van der Waals surface area contributed by atoms with Crippen LogP contribution in [0.25, 0.3) is 11.1 Å². The third kappa shape index (κ3) is 2.61. The van der Waals surface area contributed by atoms with Crippen LogP contribution in [-0.4, -0.2) is 11.2 Å². The van der Waals surface area contributed by atoms with Crippen molar-refractivity contribution in [3.8, 4) is 28.7 Å². The van der Waals surface area contributed by atoms with Gasteiger partial charge >= 0.3 is 0 Å². The van der Waals surface area contributed by atoms with Crippen LogP contribution >= 0.6 is 0 Å². The van der Waals surface area contributed by atoms with Gasteiger partial charge in [-0.05, 0) is 30.7 Å². The molecule has 2 aromatic carbocycles. The Morgan fingerprint density at radius 3 is 2.67 bits per heavy atom. The maximum absolute atomic E-state index is 9.50. The molecule has 0 unspecified atom stereocenters. The van der Waals surface area contributed by atoms with E-state index in [1.807, 2.05) is 36.4 Å². The van der Waals surface area contributed by atoms with Gasteiger partial charge < -0.3 is 9.84 Å². The van der Waals surface area contributed by atoms with Crippen LogP contribution in [0.2, 0.25) is 0 Å². The van der Waals surface area contributed by atoms with Crippen LogP contribution in [0.3, 0.4) is 0 Å². The first-order valence-electron chi connectivity index (χ1n) is 5.65. The first-order chi connectivity index (χ1) is 8.70. The topological polar surface area (TPSA) is 53.2 Å². The minimum absolute atomic E-state index is 0.204. The molecule has 1 N–H and O–H groups in total. The fourth-order valence-corrected chi connectivity index (χ4v) is 1.70. The highest BCUT2D eigenvalue weighted by atomic mass is 16.5. The molecule has 0 heterocycles. The van der Waals surface area contributed by atoms with E-state index in [4.69, 9.17) is 10.00 Å². The highest BCUT2D eigenvalue weighted by Crippen LogP contribution is 2.31. The molecule has 90 valence electrons. The van der Waals surface area contributed by atoms with Crippen LogP contribution in [0.15, 0.2) is 48.5 Å². The minimum atomic E-state index is -0.511. The fraction of sp³-hybridized carbons (Fsp3) is 0.133. The molecular formula is C15H13NO2.